The third kappa shape index (κ3) is 3.60. The van der Waals surface area contributed by atoms with Crippen LogP contribution in [-0.4, -0.2) is 36.2 Å². The Morgan fingerprint density at radius 2 is 2.15 bits per heavy atom. The van der Waals surface area contributed by atoms with Crippen LogP contribution >= 0.6 is 0 Å². The van der Waals surface area contributed by atoms with Crippen LogP contribution in [0, 0.1) is 5.92 Å². The Bertz CT molecular complexity index is 413. The van der Waals surface area contributed by atoms with Crippen LogP contribution in [0.25, 0.3) is 0 Å². The molecule has 0 radical (unpaired) electrons. The van der Waals surface area contributed by atoms with Crippen molar-refractivity contribution < 1.29 is 4.74 Å². The maximum absolute atomic E-state index is 5.92. The number of rotatable bonds is 6. The highest BCUT2D eigenvalue weighted by atomic mass is 16.5. The van der Waals surface area contributed by atoms with Crippen LogP contribution in [0.4, 0.5) is 5.82 Å². The molecule has 0 spiro atoms. The minimum Gasteiger partial charge on any atom is -0.477 e. The second-order valence-corrected chi connectivity index (χ2v) is 5.52. The number of hydrogen-bond donors (Lipinski definition) is 1. The zero-order valence-corrected chi connectivity index (χ0v) is 12.6. The van der Waals surface area contributed by atoms with E-state index < -0.39 is 0 Å². The number of hydrogen-bond acceptors (Lipinski definition) is 5. The molecule has 0 aliphatic heterocycles. The Kier molecular flexibility index (Phi) is 5.59. The fourth-order valence-corrected chi connectivity index (χ4v) is 2.93. The van der Waals surface area contributed by atoms with E-state index in [0.717, 1.165) is 18.8 Å². The van der Waals surface area contributed by atoms with Crippen LogP contribution in [0.2, 0.25) is 0 Å². The second kappa shape index (κ2) is 7.43. The van der Waals surface area contributed by atoms with Gasteiger partial charge in [-0.3, -0.25) is 4.98 Å². The molecule has 20 heavy (non-hydrogen) atoms. The molecule has 112 valence electrons. The van der Waals surface area contributed by atoms with Crippen LogP contribution in [-0.2, 0) is 0 Å². The van der Waals surface area contributed by atoms with Gasteiger partial charge in [0.25, 0.3) is 0 Å². The molecular formula is C15H26N4O. The lowest BCUT2D eigenvalue weighted by Crippen LogP contribution is -2.43. The number of nitrogens with zero attached hydrogens (tertiary/aromatic N) is 3. The van der Waals surface area contributed by atoms with Crippen molar-refractivity contribution in [2.24, 2.45) is 11.7 Å². The summed E-state index contributed by atoms with van der Waals surface area (Å²) in [5.74, 6) is 2.04. The van der Waals surface area contributed by atoms with Crippen molar-refractivity contribution in [1.29, 1.82) is 0 Å². The van der Waals surface area contributed by atoms with E-state index in [1.807, 2.05) is 0 Å². The van der Waals surface area contributed by atoms with Crippen molar-refractivity contribution in [3.8, 4) is 5.88 Å². The van der Waals surface area contributed by atoms with E-state index >= 15 is 0 Å². The summed E-state index contributed by atoms with van der Waals surface area (Å²) in [4.78, 5) is 11.0. The molecule has 2 unspecified atom stereocenters. The largest absolute Gasteiger partial charge is 0.477 e. The van der Waals surface area contributed by atoms with Crippen molar-refractivity contribution in [1.82, 2.24) is 9.97 Å². The summed E-state index contributed by atoms with van der Waals surface area (Å²) in [5.41, 5.74) is 5.92. The standard InChI is InChI=1S/C15H26N4O/c1-3-8-20-15-11-17-10-14(18-15)19(2)13-7-5-4-6-12(13)9-16/h10-13H,3-9,16H2,1-2H3. The zero-order chi connectivity index (χ0) is 14.4. The third-order valence-electron chi connectivity index (χ3n) is 4.08. The second-order valence-electron chi connectivity index (χ2n) is 5.52. The molecule has 1 aromatic heterocycles. The average Bonchev–Trinajstić information content (AvgIpc) is 2.52. The maximum atomic E-state index is 5.92. The monoisotopic (exact) mass is 278 g/mol. The Morgan fingerprint density at radius 1 is 1.35 bits per heavy atom. The molecule has 0 saturated heterocycles. The van der Waals surface area contributed by atoms with Gasteiger partial charge in [-0.25, -0.2) is 0 Å². The van der Waals surface area contributed by atoms with Crippen molar-refractivity contribution in [2.45, 2.75) is 45.1 Å². The molecule has 1 aromatic rings. The molecule has 0 aromatic carbocycles. The van der Waals surface area contributed by atoms with Crippen LogP contribution in [0.1, 0.15) is 39.0 Å². The molecule has 2 atom stereocenters. The van der Waals surface area contributed by atoms with Gasteiger partial charge in [0, 0.05) is 13.1 Å². The predicted molar refractivity (Wildman–Crippen MR) is 81.0 cm³/mol. The topological polar surface area (TPSA) is 64.3 Å². The van der Waals surface area contributed by atoms with E-state index in [-0.39, 0.29) is 0 Å². The van der Waals surface area contributed by atoms with Gasteiger partial charge in [-0.2, -0.15) is 4.98 Å². The summed E-state index contributed by atoms with van der Waals surface area (Å²) < 4.78 is 5.56. The fourth-order valence-electron chi connectivity index (χ4n) is 2.93. The SMILES string of the molecule is CCCOc1cncc(N(C)C2CCCCC2CN)n1. The highest BCUT2D eigenvalue weighted by Crippen LogP contribution is 2.29. The van der Waals surface area contributed by atoms with Crippen LogP contribution in [0.3, 0.4) is 0 Å². The van der Waals surface area contributed by atoms with Gasteiger partial charge >= 0.3 is 0 Å². The van der Waals surface area contributed by atoms with Gasteiger partial charge in [0.2, 0.25) is 5.88 Å². The summed E-state index contributed by atoms with van der Waals surface area (Å²) in [6.45, 7) is 3.50. The predicted octanol–water partition coefficient (Wildman–Crippen LogP) is 2.22. The Morgan fingerprint density at radius 3 is 2.90 bits per heavy atom. The molecule has 2 N–H and O–H groups in total. The lowest BCUT2D eigenvalue weighted by Gasteiger charge is -2.38. The zero-order valence-electron chi connectivity index (χ0n) is 12.6. The number of aromatic nitrogens is 2. The van der Waals surface area contributed by atoms with Crippen LogP contribution in [0.15, 0.2) is 12.4 Å². The number of ether oxygens (including phenoxy) is 1. The van der Waals surface area contributed by atoms with E-state index in [4.69, 9.17) is 10.5 Å². The lowest BCUT2D eigenvalue weighted by molar-refractivity contribution is 0.296. The summed E-state index contributed by atoms with van der Waals surface area (Å²) in [5, 5.41) is 0. The molecule has 0 bridgehead atoms. The van der Waals surface area contributed by atoms with Crippen molar-refractivity contribution in [3.05, 3.63) is 12.4 Å². The average molecular weight is 278 g/mol. The van der Waals surface area contributed by atoms with Gasteiger partial charge in [0.1, 0.15) is 0 Å². The number of nitrogens with two attached hydrogens (primary N) is 1. The minimum absolute atomic E-state index is 0.462. The molecule has 1 aliphatic rings. The minimum atomic E-state index is 0.462. The maximum Gasteiger partial charge on any atom is 0.234 e. The van der Waals surface area contributed by atoms with E-state index in [0.29, 0.717) is 24.4 Å². The molecular weight excluding hydrogens is 252 g/mol. The molecule has 1 fully saturated rings. The van der Waals surface area contributed by atoms with Gasteiger partial charge in [-0.05, 0) is 31.7 Å². The Hall–Kier alpha value is -1.36. The molecule has 1 saturated carbocycles. The first-order valence-electron chi connectivity index (χ1n) is 7.64. The normalized spacial score (nSPS) is 22.6. The molecule has 1 aliphatic carbocycles. The number of anilines is 1. The van der Waals surface area contributed by atoms with Gasteiger partial charge in [0.05, 0.1) is 19.0 Å². The van der Waals surface area contributed by atoms with E-state index in [1.54, 1.807) is 12.4 Å². The van der Waals surface area contributed by atoms with Gasteiger partial charge in [-0.1, -0.05) is 19.8 Å². The summed E-state index contributed by atoms with van der Waals surface area (Å²) in [6.07, 6.45) is 9.41. The van der Waals surface area contributed by atoms with Crippen molar-refractivity contribution in [2.75, 3.05) is 25.1 Å². The van der Waals surface area contributed by atoms with E-state index in [9.17, 15) is 0 Å². The summed E-state index contributed by atoms with van der Waals surface area (Å²) >= 11 is 0. The summed E-state index contributed by atoms with van der Waals surface area (Å²) in [6, 6.07) is 0.462. The molecule has 5 nitrogen and oxygen atoms in total. The van der Waals surface area contributed by atoms with Gasteiger partial charge in [0.15, 0.2) is 5.82 Å². The molecule has 0 amide bonds. The van der Waals surface area contributed by atoms with E-state index in [1.165, 1.54) is 25.7 Å². The molecule has 1 heterocycles. The first-order valence-corrected chi connectivity index (χ1v) is 7.64. The van der Waals surface area contributed by atoms with Crippen molar-refractivity contribution in [3.63, 3.8) is 0 Å². The Balaban J connectivity index is 2.08. The first kappa shape index (κ1) is 15.0. The third-order valence-corrected chi connectivity index (χ3v) is 4.08. The fraction of sp³-hybridized carbons (Fsp3) is 0.733. The Labute approximate surface area is 121 Å². The smallest absolute Gasteiger partial charge is 0.234 e. The van der Waals surface area contributed by atoms with Crippen LogP contribution in [0.5, 0.6) is 5.88 Å². The first-order chi connectivity index (χ1) is 9.76. The molecule has 5 heteroatoms. The quantitative estimate of drug-likeness (QED) is 0.864. The van der Waals surface area contributed by atoms with Gasteiger partial charge in [-0.15, -0.1) is 0 Å². The highest BCUT2D eigenvalue weighted by molar-refractivity contribution is 5.38. The van der Waals surface area contributed by atoms with Crippen LogP contribution < -0.4 is 15.4 Å². The van der Waals surface area contributed by atoms with E-state index in [2.05, 4.69) is 28.8 Å². The molecule has 2 rings (SSSR count). The highest BCUT2D eigenvalue weighted by Gasteiger charge is 2.28. The summed E-state index contributed by atoms with van der Waals surface area (Å²) in [7, 11) is 2.09. The van der Waals surface area contributed by atoms with Crippen molar-refractivity contribution >= 4 is 5.82 Å². The lowest BCUT2D eigenvalue weighted by atomic mass is 9.84. The van der Waals surface area contributed by atoms with Gasteiger partial charge < -0.3 is 15.4 Å².